The van der Waals surface area contributed by atoms with Crippen molar-refractivity contribution in [2.75, 3.05) is 26.2 Å². The first kappa shape index (κ1) is 15.8. The van der Waals surface area contributed by atoms with Gasteiger partial charge < -0.3 is 10.4 Å². The Labute approximate surface area is 130 Å². The lowest BCUT2D eigenvalue weighted by Gasteiger charge is -2.35. The first-order valence-corrected chi connectivity index (χ1v) is 8.45. The fourth-order valence-electron chi connectivity index (χ4n) is 2.87. The van der Waals surface area contributed by atoms with Crippen LogP contribution in [0.2, 0.25) is 0 Å². The van der Waals surface area contributed by atoms with Gasteiger partial charge in [0.2, 0.25) is 0 Å². The summed E-state index contributed by atoms with van der Waals surface area (Å²) in [6.45, 7) is 6.61. The van der Waals surface area contributed by atoms with Crippen LogP contribution in [0.4, 0.5) is 0 Å². The van der Waals surface area contributed by atoms with Crippen LogP contribution < -0.4 is 5.32 Å². The van der Waals surface area contributed by atoms with Crippen LogP contribution in [-0.4, -0.2) is 36.2 Å². The van der Waals surface area contributed by atoms with Gasteiger partial charge >= 0.3 is 0 Å². The Bertz CT molecular complexity index is 419. The van der Waals surface area contributed by atoms with Gasteiger partial charge in [0.1, 0.15) is 5.75 Å². The SMILES string of the molecule is CCCCC[C@H](c1ccc(O)c(Br)c1)N1CCNCC1. The molecule has 3 nitrogen and oxygen atoms in total. The normalized spacial score (nSPS) is 18.1. The first-order chi connectivity index (χ1) is 9.72. The molecular formula is C16H25BrN2O. The van der Waals surface area contributed by atoms with Gasteiger partial charge in [-0.2, -0.15) is 0 Å². The summed E-state index contributed by atoms with van der Waals surface area (Å²) in [5.41, 5.74) is 1.31. The van der Waals surface area contributed by atoms with Crippen LogP contribution in [0, 0.1) is 0 Å². The molecule has 0 unspecified atom stereocenters. The van der Waals surface area contributed by atoms with E-state index in [1.807, 2.05) is 0 Å². The topological polar surface area (TPSA) is 35.5 Å². The number of aromatic hydroxyl groups is 1. The monoisotopic (exact) mass is 340 g/mol. The van der Waals surface area contributed by atoms with Crippen LogP contribution >= 0.6 is 15.9 Å². The van der Waals surface area contributed by atoms with E-state index in [0.717, 1.165) is 30.7 Å². The van der Waals surface area contributed by atoms with E-state index in [1.165, 1.54) is 31.2 Å². The molecule has 0 radical (unpaired) electrons. The zero-order chi connectivity index (χ0) is 14.4. The van der Waals surface area contributed by atoms with E-state index in [0.29, 0.717) is 11.8 Å². The average molecular weight is 341 g/mol. The van der Waals surface area contributed by atoms with Crippen LogP contribution in [0.3, 0.4) is 0 Å². The van der Waals surface area contributed by atoms with Gasteiger partial charge in [-0.1, -0.05) is 32.3 Å². The maximum absolute atomic E-state index is 9.68. The molecule has 0 saturated carbocycles. The molecule has 1 saturated heterocycles. The van der Waals surface area contributed by atoms with E-state index in [1.54, 1.807) is 6.07 Å². The summed E-state index contributed by atoms with van der Waals surface area (Å²) in [6.07, 6.45) is 5.02. The average Bonchev–Trinajstić information content (AvgIpc) is 2.48. The van der Waals surface area contributed by atoms with E-state index >= 15 is 0 Å². The highest BCUT2D eigenvalue weighted by atomic mass is 79.9. The fourth-order valence-corrected chi connectivity index (χ4v) is 3.27. The van der Waals surface area contributed by atoms with Gasteiger partial charge in [-0.15, -0.1) is 0 Å². The van der Waals surface area contributed by atoms with Gasteiger partial charge in [0, 0.05) is 32.2 Å². The molecule has 112 valence electrons. The van der Waals surface area contributed by atoms with Gasteiger partial charge in [-0.25, -0.2) is 0 Å². The van der Waals surface area contributed by atoms with Crippen LogP contribution in [0.25, 0.3) is 0 Å². The molecule has 20 heavy (non-hydrogen) atoms. The van der Waals surface area contributed by atoms with Gasteiger partial charge in [0.15, 0.2) is 0 Å². The third kappa shape index (κ3) is 4.21. The summed E-state index contributed by atoms with van der Waals surface area (Å²) in [7, 11) is 0. The van der Waals surface area contributed by atoms with E-state index in [4.69, 9.17) is 0 Å². The summed E-state index contributed by atoms with van der Waals surface area (Å²) >= 11 is 3.44. The Morgan fingerprint density at radius 1 is 1.30 bits per heavy atom. The molecule has 1 aromatic rings. The van der Waals surface area contributed by atoms with Crippen molar-refractivity contribution in [3.05, 3.63) is 28.2 Å². The van der Waals surface area contributed by atoms with Gasteiger partial charge in [0.05, 0.1) is 4.47 Å². The molecule has 0 spiro atoms. The number of hydrogen-bond donors (Lipinski definition) is 2. The molecule has 0 bridgehead atoms. The van der Waals surface area contributed by atoms with Crippen LogP contribution in [0.1, 0.15) is 44.2 Å². The van der Waals surface area contributed by atoms with E-state index in [2.05, 4.69) is 45.2 Å². The third-order valence-corrected chi connectivity index (χ3v) is 4.67. The van der Waals surface area contributed by atoms with Gasteiger partial charge in [-0.05, 0) is 40.0 Å². The number of piperazine rings is 1. The summed E-state index contributed by atoms with van der Waals surface area (Å²) in [5.74, 6) is 0.321. The third-order valence-electron chi connectivity index (χ3n) is 4.03. The van der Waals surface area contributed by atoms with Crippen molar-refractivity contribution >= 4 is 15.9 Å². The van der Waals surface area contributed by atoms with Crippen molar-refractivity contribution in [1.82, 2.24) is 10.2 Å². The maximum Gasteiger partial charge on any atom is 0.129 e. The van der Waals surface area contributed by atoms with Gasteiger partial charge in [-0.3, -0.25) is 4.90 Å². The van der Waals surface area contributed by atoms with E-state index in [9.17, 15) is 5.11 Å². The van der Waals surface area contributed by atoms with Crippen molar-refractivity contribution < 1.29 is 5.11 Å². The Balaban J connectivity index is 2.12. The van der Waals surface area contributed by atoms with E-state index < -0.39 is 0 Å². The quantitative estimate of drug-likeness (QED) is 0.775. The first-order valence-electron chi connectivity index (χ1n) is 7.65. The van der Waals surface area contributed by atoms with E-state index in [-0.39, 0.29) is 0 Å². The molecule has 1 atom stereocenters. The smallest absolute Gasteiger partial charge is 0.129 e. The lowest BCUT2D eigenvalue weighted by atomic mass is 9.98. The minimum Gasteiger partial charge on any atom is -0.507 e. The zero-order valence-electron chi connectivity index (χ0n) is 12.2. The van der Waals surface area contributed by atoms with Crippen molar-refractivity contribution in [3.8, 4) is 5.75 Å². The molecule has 0 amide bonds. The highest BCUT2D eigenvalue weighted by molar-refractivity contribution is 9.10. The molecule has 0 aromatic heterocycles. The number of benzene rings is 1. The van der Waals surface area contributed by atoms with Crippen LogP contribution in [-0.2, 0) is 0 Å². The Morgan fingerprint density at radius 3 is 2.70 bits per heavy atom. The lowest BCUT2D eigenvalue weighted by Crippen LogP contribution is -2.45. The molecule has 1 heterocycles. The second-order valence-corrected chi connectivity index (χ2v) is 6.36. The predicted octanol–water partition coefficient (Wildman–Crippen LogP) is 3.68. The number of halogens is 1. The molecule has 1 aromatic carbocycles. The second kappa shape index (κ2) is 8.01. The van der Waals surface area contributed by atoms with Crippen molar-refractivity contribution in [3.63, 3.8) is 0 Å². The second-order valence-electron chi connectivity index (χ2n) is 5.51. The number of rotatable bonds is 6. The Kier molecular flexibility index (Phi) is 6.33. The molecule has 1 aliphatic heterocycles. The predicted molar refractivity (Wildman–Crippen MR) is 87.1 cm³/mol. The van der Waals surface area contributed by atoms with Crippen molar-refractivity contribution in [1.29, 1.82) is 0 Å². The highest BCUT2D eigenvalue weighted by Crippen LogP contribution is 2.32. The van der Waals surface area contributed by atoms with Crippen LogP contribution in [0.15, 0.2) is 22.7 Å². The minimum atomic E-state index is 0.321. The largest absolute Gasteiger partial charge is 0.507 e. The molecule has 2 N–H and O–H groups in total. The number of hydrogen-bond acceptors (Lipinski definition) is 3. The Hall–Kier alpha value is -0.580. The minimum absolute atomic E-state index is 0.321. The molecule has 0 aliphatic carbocycles. The summed E-state index contributed by atoms with van der Waals surface area (Å²) in [6, 6.07) is 6.42. The number of unbranched alkanes of at least 4 members (excludes halogenated alkanes) is 2. The molecule has 2 rings (SSSR count). The van der Waals surface area contributed by atoms with Crippen LogP contribution in [0.5, 0.6) is 5.75 Å². The molecular weight excluding hydrogens is 316 g/mol. The number of phenolic OH excluding ortho intramolecular Hbond substituents is 1. The summed E-state index contributed by atoms with van der Waals surface area (Å²) in [4.78, 5) is 2.57. The molecule has 1 aliphatic rings. The Morgan fingerprint density at radius 2 is 2.05 bits per heavy atom. The van der Waals surface area contributed by atoms with Gasteiger partial charge in [0.25, 0.3) is 0 Å². The number of nitrogens with zero attached hydrogens (tertiary/aromatic N) is 1. The fraction of sp³-hybridized carbons (Fsp3) is 0.625. The lowest BCUT2D eigenvalue weighted by molar-refractivity contribution is 0.162. The molecule has 1 fully saturated rings. The number of nitrogens with one attached hydrogen (secondary N) is 1. The maximum atomic E-state index is 9.68. The summed E-state index contributed by atoms with van der Waals surface area (Å²) in [5, 5.41) is 13.1. The molecule has 4 heteroatoms. The van der Waals surface area contributed by atoms with Crippen molar-refractivity contribution in [2.45, 2.75) is 38.6 Å². The summed E-state index contributed by atoms with van der Waals surface area (Å²) < 4.78 is 0.797. The number of phenols is 1. The van der Waals surface area contributed by atoms with Crippen molar-refractivity contribution in [2.24, 2.45) is 0 Å². The standard InChI is InChI=1S/C16H25BrN2O/c1-2-3-4-5-15(19-10-8-18-9-11-19)13-6-7-16(20)14(17)12-13/h6-7,12,15,18,20H,2-5,8-11H2,1H3/t15-/m1/s1. The highest BCUT2D eigenvalue weighted by Gasteiger charge is 2.22. The zero-order valence-corrected chi connectivity index (χ0v) is 13.8.